The van der Waals surface area contributed by atoms with Crippen LogP contribution in [0.15, 0.2) is 30.5 Å². The van der Waals surface area contributed by atoms with Crippen molar-refractivity contribution in [1.82, 2.24) is 14.7 Å². The van der Waals surface area contributed by atoms with E-state index in [2.05, 4.69) is 15.7 Å². The molecule has 0 aliphatic rings. The topological polar surface area (TPSA) is 88.5 Å². The number of hydrogen-bond donors (Lipinski definition) is 2. The number of urea groups is 1. The fourth-order valence-electron chi connectivity index (χ4n) is 2.51. The van der Waals surface area contributed by atoms with E-state index in [0.717, 1.165) is 17.8 Å². The molecule has 2 N–H and O–H groups in total. The van der Waals surface area contributed by atoms with Gasteiger partial charge in [0.1, 0.15) is 6.61 Å². The summed E-state index contributed by atoms with van der Waals surface area (Å²) in [7, 11) is 3.18. The lowest BCUT2D eigenvalue weighted by Gasteiger charge is -2.18. The van der Waals surface area contributed by atoms with Gasteiger partial charge in [-0.25, -0.2) is 4.79 Å². The fraction of sp³-hybridized carbons (Fsp3) is 0.389. The van der Waals surface area contributed by atoms with Gasteiger partial charge in [-0.15, -0.1) is 0 Å². The number of nitrogens with one attached hydrogen (secondary N) is 2. The lowest BCUT2D eigenvalue weighted by molar-refractivity contribution is -0.119. The van der Waals surface area contributed by atoms with E-state index in [1.54, 1.807) is 42.4 Å². The number of ether oxygens (including phenoxy) is 1. The van der Waals surface area contributed by atoms with Crippen molar-refractivity contribution in [3.63, 3.8) is 0 Å². The highest BCUT2D eigenvalue weighted by Crippen LogP contribution is 2.16. The van der Waals surface area contributed by atoms with Crippen LogP contribution in [-0.4, -0.2) is 47.4 Å². The van der Waals surface area contributed by atoms with Gasteiger partial charge in [-0.3, -0.25) is 9.48 Å². The molecule has 0 radical (unpaired) electrons. The minimum atomic E-state index is -0.253. The first-order valence-corrected chi connectivity index (χ1v) is 8.36. The monoisotopic (exact) mass is 359 g/mol. The Hall–Kier alpha value is -2.87. The molecule has 1 aromatic heterocycles. The largest absolute Gasteiger partial charge is 0.375 e. The molecule has 3 amide bonds. The molecule has 0 bridgehead atoms. The minimum Gasteiger partial charge on any atom is -0.375 e. The summed E-state index contributed by atoms with van der Waals surface area (Å²) in [4.78, 5) is 25.6. The zero-order valence-electron chi connectivity index (χ0n) is 15.6. The van der Waals surface area contributed by atoms with E-state index in [1.165, 1.54) is 7.11 Å². The summed E-state index contributed by atoms with van der Waals surface area (Å²) in [5.41, 5.74) is 3.24. The Morgan fingerprint density at radius 2 is 1.96 bits per heavy atom. The average Bonchev–Trinajstić information content (AvgIpc) is 2.95. The number of benzene rings is 1. The van der Waals surface area contributed by atoms with E-state index in [1.807, 2.05) is 18.5 Å². The predicted octanol–water partition coefficient (Wildman–Crippen LogP) is 2.46. The molecule has 26 heavy (non-hydrogen) atoms. The molecule has 8 nitrogen and oxygen atoms in total. The lowest BCUT2D eigenvalue weighted by atomic mass is 10.2. The number of amides is 3. The van der Waals surface area contributed by atoms with Crippen LogP contribution >= 0.6 is 0 Å². The maximum atomic E-state index is 12.4. The molecule has 2 aromatic rings. The Morgan fingerprint density at radius 1 is 1.27 bits per heavy atom. The van der Waals surface area contributed by atoms with E-state index in [-0.39, 0.29) is 18.5 Å². The molecule has 1 aromatic carbocycles. The molecule has 1 heterocycles. The van der Waals surface area contributed by atoms with Crippen LogP contribution in [0.2, 0.25) is 0 Å². The molecule has 0 unspecified atom stereocenters. The first kappa shape index (κ1) is 19.5. The number of rotatable bonds is 7. The standard InChI is InChI=1S/C18H25N5O3/c1-5-23-13(2)14(10-19-23)11-22(3)18(25)21-16-8-6-7-15(9-16)20-17(24)12-26-4/h6-10H,5,11-12H2,1-4H3,(H,20,24)(H,21,25). The predicted molar refractivity (Wildman–Crippen MR) is 100 cm³/mol. The Kier molecular flexibility index (Phi) is 6.74. The van der Waals surface area contributed by atoms with Gasteiger partial charge in [-0.2, -0.15) is 5.10 Å². The van der Waals surface area contributed by atoms with Gasteiger partial charge in [0.15, 0.2) is 0 Å². The Morgan fingerprint density at radius 3 is 2.58 bits per heavy atom. The van der Waals surface area contributed by atoms with Gasteiger partial charge < -0.3 is 20.3 Å². The van der Waals surface area contributed by atoms with E-state index >= 15 is 0 Å². The number of methoxy groups -OCH3 is 1. The molecule has 140 valence electrons. The second kappa shape index (κ2) is 9.00. The third-order valence-electron chi connectivity index (χ3n) is 3.93. The van der Waals surface area contributed by atoms with Crippen molar-refractivity contribution in [3.8, 4) is 0 Å². The van der Waals surface area contributed by atoms with Crippen molar-refractivity contribution in [2.24, 2.45) is 0 Å². The van der Waals surface area contributed by atoms with E-state index in [0.29, 0.717) is 17.9 Å². The van der Waals surface area contributed by atoms with Crippen LogP contribution in [0, 0.1) is 6.92 Å². The van der Waals surface area contributed by atoms with Gasteiger partial charge in [-0.05, 0) is 32.0 Å². The normalized spacial score (nSPS) is 10.5. The second-order valence-electron chi connectivity index (χ2n) is 5.92. The highest BCUT2D eigenvalue weighted by molar-refractivity contribution is 5.94. The van der Waals surface area contributed by atoms with Crippen LogP contribution in [-0.2, 0) is 22.6 Å². The summed E-state index contributed by atoms with van der Waals surface area (Å²) >= 11 is 0. The van der Waals surface area contributed by atoms with Crippen LogP contribution in [0.4, 0.5) is 16.2 Å². The molecule has 0 atom stereocenters. The van der Waals surface area contributed by atoms with Crippen molar-refractivity contribution in [1.29, 1.82) is 0 Å². The number of hydrogen-bond acceptors (Lipinski definition) is 4. The summed E-state index contributed by atoms with van der Waals surface area (Å²) in [6, 6.07) is 6.72. The van der Waals surface area contributed by atoms with Gasteiger partial charge in [0.25, 0.3) is 0 Å². The molecular weight excluding hydrogens is 334 g/mol. The maximum Gasteiger partial charge on any atom is 0.321 e. The lowest BCUT2D eigenvalue weighted by Crippen LogP contribution is -2.31. The molecule has 8 heteroatoms. The molecule has 0 saturated heterocycles. The third-order valence-corrected chi connectivity index (χ3v) is 3.93. The summed E-state index contributed by atoms with van der Waals surface area (Å²) in [6.45, 7) is 5.25. The van der Waals surface area contributed by atoms with Gasteiger partial charge in [0.05, 0.1) is 12.7 Å². The summed E-state index contributed by atoms with van der Waals surface area (Å²) < 4.78 is 6.68. The molecular formula is C18H25N5O3. The van der Waals surface area contributed by atoms with Crippen LogP contribution in [0.3, 0.4) is 0 Å². The van der Waals surface area contributed by atoms with Gasteiger partial charge >= 0.3 is 6.03 Å². The van der Waals surface area contributed by atoms with Gasteiger partial charge in [-0.1, -0.05) is 6.07 Å². The highest BCUT2D eigenvalue weighted by Gasteiger charge is 2.13. The van der Waals surface area contributed by atoms with Crippen molar-refractivity contribution in [2.75, 3.05) is 31.4 Å². The first-order valence-electron chi connectivity index (χ1n) is 8.36. The summed E-state index contributed by atoms with van der Waals surface area (Å²) in [5.74, 6) is -0.253. The zero-order valence-corrected chi connectivity index (χ0v) is 15.6. The number of aryl methyl sites for hydroxylation is 1. The zero-order chi connectivity index (χ0) is 19.1. The Balaban J connectivity index is 1.97. The third kappa shape index (κ3) is 5.06. The highest BCUT2D eigenvalue weighted by atomic mass is 16.5. The van der Waals surface area contributed by atoms with Crippen LogP contribution < -0.4 is 10.6 Å². The maximum absolute atomic E-state index is 12.4. The quantitative estimate of drug-likeness (QED) is 0.795. The SMILES string of the molecule is CCn1ncc(CN(C)C(=O)Nc2cccc(NC(=O)COC)c2)c1C. The first-order chi connectivity index (χ1) is 12.4. The Bertz CT molecular complexity index is 772. The summed E-state index contributed by atoms with van der Waals surface area (Å²) in [6.07, 6.45) is 1.79. The van der Waals surface area contributed by atoms with Crippen LogP contribution in [0.25, 0.3) is 0 Å². The van der Waals surface area contributed by atoms with E-state index in [9.17, 15) is 9.59 Å². The van der Waals surface area contributed by atoms with Crippen molar-refractivity contribution >= 4 is 23.3 Å². The molecule has 0 aliphatic carbocycles. The average molecular weight is 359 g/mol. The van der Waals surface area contributed by atoms with Gasteiger partial charge in [0, 0.05) is 43.3 Å². The smallest absolute Gasteiger partial charge is 0.321 e. The number of anilines is 2. The van der Waals surface area contributed by atoms with Crippen molar-refractivity contribution in [3.05, 3.63) is 41.7 Å². The molecule has 0 aliphatic heterocycles. The Labute approximate surface area is 153 Å². The number of carbonyl (C=O) groups is 2. The van der Waals surface area contributed by atoms with Crippen molar-refractivity contribution in [2.45, 2.75) is 26.9 Å². The van der Waals surface area contributed by atoms with Crippen LogP contribution in [0.5, 0.6) is 0 Å². The minimum absolute atomic E-state index is 0.0237. The van der Waals surface area contributed by atoms with Crippen molar-refractivity contribution < 1.29 is 14.3 Å². The molecule has 0 fully saturated rings. The fourth-order valence-corrected chi connectivity index (χ4v) is 2.51. The molecule has 2 rings (SSSR count). The van der Waals surface area contributed by atoms with E-state index < -0.39 is 0 Å². The molecule has 0 spiro atoms. The number of carbonyl (C=O) groups excluding carboxylic acids is 2. The van der Waals surface area contributed by atoms with Gasteiger partial charge in [0.2, 0.25) is 5.91 Å². The molecule has 0 saturated carbocycles. The van der Waals surface area contributed by atoms with E-state index in [4.69, 9.17) is 4.74 Å². The number of aromatic nitrogens is 2. The second-order valence-corrected chi connectivity index (χ2v) is 5.92. The van der Waals surface area contributed by atoms with Crippen LogP contribution in [0.1, 0.15) is 18.2 Å². The summed E-state index contributed by atoms with van der Waals surface area (Å²) in [5, 5.41) is 9.82. The number of nitrogens with zero attached hydrogens (tertiary/aromatic N) is 3.